The fourth-order valence-electron chi connectivity index (χ4n) is 4.44. The smallest absolute Gasteiger partial charge is 0.308 e. The minimum atomic E-state index is -0.803. The first-order valence-electron chi connectivity index (χ1n) is 9.31. The van der Waals surface area contributed by atoms with Crippen LogP contribution in [0.3, 0.4) is 0 Å². The Balaban J connectivity index is 1.81. The molecule has 0 radical (unpaired) electrons. The van der Waals surface area contributed by atoms with E-state index in [1.54, 1.807) is 0 Å². The van der Waals surface area contributed by atoms with Gasteiger partial charge in [0.2, 0.25) is 5.52 Å². The normalized spacial score (nSPS) is 12.1. The lowest BCUT2D eigenvalue weighted by atomic mass is 10.1. The highest BCUT2D eigenvalue weighted by Gasteiger charge is 2.24. The molecule has 2 aromatic heterocycles. The number of benzene rings is 3. The van der Waals surface area contributed by atoms with Crippen LogP contribution in [0.1, 0.15) is 6.42 Å². The van der Waals surface area contributed by atoms with Crippen LogP contribution in [0.25, 0.3) is 49.1 Å². The van der Waals surface area contributed by atoms with Gasteiger partial charge in [0.15, 0.2) is 5.52 Å². The van der Waals surface area contributed by atoms with Gasteiger partial charge in [-0.3, -0.25) is 4.79 Å². The zero-order valence-corrected chi connectivity index (χ0v) is 15.0. The number of carbonyl (C=O) groups is 1. The number of aliphatic carboxylic acids is 1. The topological polar surface area (TPSA) is 58.5 Å². The average Bonchev–Trinajstić information content (AvgIpc) is 3.20. The van der Waals surface area contributed by atoms with Gasteiger partial charge in [0.1, 0.15) is 12.1 Å². The van der Waals surface area contributed by atoms with Crippen LogP contribution in [0.15, 0.2) is 66.7 Å². The van der Waals surface area contributed by atoms with Crippen molar-refractivity contribution in [2.24, 2.45) is 0 Å². The molecule has 0 atom stereocenters. The number of carboxylic acid groups (broad SMARTS) is 1. The summed E-state index contributed by atoms with van der Waals surface area (Å²) in [5, 5.41) is 20.1. The Morgan fingerprint density at radius 1 is 0.964 bits per heavy atom. The molecule has 0 saturated heterocycles. The van der Waals surface area contributed by atoms with E-state index >= 15 is 0 Å². The van der Waals surface area contributed by atoms with Gasteiger partial charge >= 0.3 is 11.6 Å². The van der Waals surface area contributed by atoms with Crippen LogP contribution in [0.2, 0.25) is 0 Å². The van der Waals surface area contributed by atoms with Gasteiger partial charge in [0.05, 0.1) is 6.42 Å². The predicted molar refractivity (Wildman–Crippen MR) is 109 cm³/mol. The van der Waals surface area contributed by atoms with Crippen LogP contribution in [0.5, 0.6) is 0 Å². The van der Waals surface area contributed by atoms with Gasteiger partial charge in [-0.2, -0.15) is 0 Å². The molecule has 0 saturated carbocycles. The lowest BCUT2D eigenvalue weighted by molar-refractivity contribution is -0.644. The third kappa shape index (κ3) is 1.93. The summed E-state index contributed by atoms with van der Waals surface area (Å²) in [5.41, 5.74) is 3.86. The number of hydrogen-bond acceptors (Lipinski definition) is 2. The molecule has 28 heavy (non-hydrogen) atoms. The molecule has 4 aromatic carbocycles. The van der Waals surface area contributed by atoms with Crippen molar-refractivity contribution in [2.75, 3.05) is 0 Å². The largest absolute Gasteiger partial charge is 0.481 e. The van der Waals surface area contributed by atoms with Crippen molar-refractivity contribution < 1.29 is 14.5 Å². The maximum atomic E-state index is 11.2. The average molecular weight is 366 g/mol. The van der Waals surface area contributed by atoms with Crippen molar-refractivity contribution in [2.45, 2.75) is 13.0 Å². The Hall–Kier alpha value is -3.73. The first-order valence-corrected chi connectivity index (χ1v) is 9.31. The first kappa shape index (κ1) is 15.3. The molecule has 1 N–H and O–H groups in total. The third-order valence-corrected chi connectivity index (χ3v) is 5.62. The van der Waals surface area contributed by atoms with E-state index in [1.807, 2.05) is 28.8 Å². The van der Waals surface area contributed by atoms with E-state index in [-0.39, 0.29) is 6.42 Å². The highest BCUT2D eigenvalue weighted by molar-refractivity contribution is 6.29. The Bertz CT molecular complexity index is 1540. The summed E-state index contributed by atoms with van der Waals surface area (Å²) in [4.78, 5) is 11.2. The van der Waals surface area contributed by atoms with Crippen molar-refractivity contribution in [3.05, 3.63) is 66.7 Å². The summed E-state index contributed by atoms with van der Waals surface area (Å²) < 4.78 is 4.00. The van der Waals surface area contributed by atoms with E-state index in [1.165, 1.54) is 16.2 Å². The lowest BCUT2D eigenvalue weighted by Crippen LogP contribution is -2.34. The van der Waals surface area contributed by atoms with E-state index < -0.39 is 5.97 Å². The van der Waals surface area contributed by atoms with Gasteiger partial charge in [-0.15, -0.1) is 0 Å². The summed E-state index contributed by atoms with van der Waals surface area (Å²) in [6, 6.07) is 22.8. The number of nitrogens with zero attached hydrogens (tertiary/aromatic N) is 3. The number of rotatable bonds is 3. The molecule has 0 amide bonds. The second-order valence-electron chi connectivity index (χ2n) is 7.17. The zero-order chi connectivity index (χ0) is 18.8. The highest BCUT2D eigenvalue weighted by Crippen LogP contribution is 2.37. The van der Waals surface area contributed by atoms with Gasteiger partial charge in [-0.05, 0) is 28.3 Å². The van der Waals surface area contributed by atoms with Gasteiger partial charge in [-0.25, -0.2) is 4.57 Å². The number of carboxylic acids is 1. The second-order valence-corrected chi connectivity index (χ2v) is 7.17. The summed E-state index contributed by atoms with van der Waals surface area (Å²) in [5.74, 6) is -0.803. The summed E-state index contributed by atoms with van der Waals surface area (Å²) in [6.07, 6.45) is 0.0707. The van der Waals surface area contributed by atoms with Crippen molar-refractivity contribution in [1.29, 1.82) is 0 Å². The summed E-state index contributed by atoms with van der Waals surface area (Å²) >= 11 is 0. The number of fused-ring (bicyclic) bond motifs is 6. The molecule has 0 bridgehead atoms. The predicted octanol–water partition coefficient (Wildman–Crippen LogP) is 4.15. The molecular formula is C23H16N3O2+. The van der Waals surface area contributed by atoms with E-state index in [0.29, 0.717) is 6.54 Å². The molecule has 0 aliphatic heterocycles. The van der Waals surface area contributed by atoms with Crippen molar-refractivity contribution >= 4 is 55.1 Å². The van der Waals surface area contributed by atoms with Gasteiger partial charge in [-0.1, -0.05) is 58.1 Å². The molecule has 0 aliphatic carbocycles. The number of aryl methyl sites for hydroxylation is 1. The highest BCUT2D eigenvalue weighted by atomic mass is 16.4. The Kier molecular flexibility index (Phi) is 2.95. The second kappa shape index (κ2) is 5.39. The minimum absolute atomic E-state index is 0.0707. The first-order chi connectivity index (χ1) is 13.7. The molecule has 6 aromatic rings. The minimum Gasteiger partial charge on any atom is -0.481 e. The molecule has 0 unspecified atom stereocenters. The fraction of sp³-hybridized carbons (Fsp3) is 0.0870. The molecule has 0 spiro atoms. The van der Waals surface area contributed by atoms with Crippen LogP contribution in [0.4, 0.5) is 0 Å². The molecule has 5 nitrogen and oxygen atoms in total. The van der Waals surface area contributed by atoms with E-state index in [0.717, 1.165) is 33.0 Å². The lowest BCUT2D eigenvalue weighted by Gasteiger charge is -1.97. The number of para-hydroxylation sites is 2. The maximum Gasteiger partial charge on any atom is 0.308 e. The van der Waals surface area contributed by atoms with Crippen LogP contribution in [0, 0.1) is 0 Å². The summed E-state index contributed by atoms with van der Waals surface area (Å²) in [7, 11) is 0. The molecule has 5 heteroatoms. The van der Waals surface area contributed by atoms with Crippen LogP contribution in [-0.2, 0) is 11.3 Å². The van der Waals surface area contributed by atoms with Gasteiger partial charge in [0, 0.05) is 16.8 Å². The monoisotopic (exact) mass is 366 g/mol. The van der Waals surface area contributed by atoms with Crippen LogP contribution >= 0.6 is 0 Å². The fourth-order valence-corrected chi connectivity index (χ4v) is 4.44. The third-order valence-electron chi connectivity index (χ3n) is 5.62. The van der Waals surface area contributed by atoms with Gasteiger partial charge < -0.3 is 5.11 Å². The van der Waals surface area contributed by atoms with Crippen molar-refractivity contribution in [3.63, 3.8) is 0 Å². The molecule has 0 fully saturated rings. The molecule has 6 rings (SSSR count). The molecular weight excluding hydrogens is 350 g/mol. The Morgan fingerprint density at radius 2 is 1.75 bits per heavy atom. The Morgan fingerprint density at radius 3 is 2.57 bits per heavy atom. The molecule has 2 heterocycles. The van der Waals surface area contributed by atoms with Crippen molar-refractivity contribution in [1.82, 2.24) is 9.61 Å². The number of aromatic nitrogens is 3. The Labute approximate surface area is 159 Å². The van der Waals surface area contributed by atoms with E-state index in [9.17, 15) is 9.90 Å². The maximum absolute atomic E-state index is 11.2. The summed E-state index contributed by atoms with van der Waals surface area (Å²) in [6.45, 7) is 0.407. The van der Waals surface area contributed by atoms with Crippen molar-refractivity contribution in [3.8, 4) is 0 Å². The van der Waals surface area contributed by atoms with E-state index in [4.69, 9.17) is 5.10 Å². The molecule has 134 valence electrons. The number of hydrogen-bond donors (Lipinski definition) is 1. The van der Waals surface area contributed by atoms with Crippen LogP contribution < -0.4 is 4.57 Å². The van der Waals surface area contributed by atoms with Crippen LogP contribution in [-0.4, -0.2) is 20.7 Å². The quantitative estimate of drug-likeness (QED) is 0.479. The molecule has 0 aliphatic rings. The standard InChI is InChI=1S/C23H15N3O2/c27-21(28)11-12-25-18-9-1-2-10-19(18)26-20(25)13-17-15-7-3-5-14-6-4-8-16(22(14)15)23(17)24-26/h1-10,13H,11-12H2/p+1. The number of imidazole rings is 1. The van der Waals surface area contributed by atoms with Gasteiger partial charge in [0.25, 0.3) is 0 Å². The van der Waals surface area contributed by atoms with E-state index in [2.05, 4.69) is 47.0 Å². The zero-order valence-electron chi connectivity index (χ0n) is 15.0. The SMILES string of the molecule is O=C(O)CC[n+]1c2ccccc2n2nc3c(cc21)c1cccc2cccc3c21.